The van der Waals surface area contributed by atoms with Crippen LogP contribution in [0.5, 0.6) is 0 Å². The van der Waals surface area contributed by atoms with Crippen molar-refractivity contribution in [2.45, 2.75) is 45.7 Å². The summed E-state index contributed by atoms with van der Waals surface area (Å²) in [6.45, 7) is 5.12. The van der Waals surface area contributed by atoms with Crippen LogP contribution in [0, 0.1) is 13.8 Å². The van der Waals surface area contributed by atoms with Crippen LogP contribution in [0.25, 0.3) is 5.69 Å². The van der Waals surface area contributed by atoms with Crippen molar-refractivity contribution < 1.29 is 9.59 Å². The van der Waals surface area contributed by atoms with Gasteiger partial charge in [0.1, 0.15) is 6.04 Å². The Bertz CT molecular complexity index is 1060. The molecule has 6 nitrogen and oxygen atoms in total. The molecule has 31 heavy (non-hydrogen) atoms. The molecule has 3 aromatic rings. The molecule has 1 aliphatic rings. The van der Waals surface area contributed by atoms with Gasteiger partial charge >= 0.3 is 0 Å². The largest absolute Gasteiger partial charge is 0.340 e. The summed E-state index contributed by atoms with van der Waals surface area (Å²) in [5.41, 5.74) is 3.99. The Morgan fingerprint density at radius 1 is 1.13 bits per heavy atom. The highest BCUT2D eigenvalue weighted by molar-refractivity contribution is 7.12. The van der Waals surface area contributed by atoms with Gasteiger partial charge < -0.3 is 9.80 Å². The number of thiophene rings is 1. The zero-order valence-corrected chi connectivity index (χ0v) is 19.1. The molecule has 2 amide bonds. The third-order valence-corrected chi connectivity index (χ3v) is 6.85. The molecule has 1 atom stereocenters. The van der Waals surface area contributed by atoms with Crippen LogP contribution in [0.4, 0.5) is 0 Å². The van der Waals surface area contributed by atoms with Gasteiger partial charge in [0.2, 0.25) is 5.91 Å². The van der Waals surface area contributed by atoms with Gasteiger partial charge in [-0.2, -0.15) is 5.10 Å². The fourth-order valence-corrected chi connectivity index (χ4v) is 4.95. The van der Waals surface area contributed by atoms with Crippen LogP contribution >= 0.6 is 11.3 Å². The van der Waals surface area contributed by atoms with Crippen molar-refractivity contribution in [3.8, 4) is 5.69 Å². The number of piperidine rings is 1. The van der Waals surface area contributed by atoms with Crippen molar-refractivity contribution in [1.82, 2.24) is 19.6 Å². The molecule has 0 aliphatic carbocycles. The topological polar surface area (TPSA) is 58.4 Å². The van der Waals surface area contributed by atoms with Gasteiger partial charge in [0.05, 0.1) is 16.3 Å². The monoisotopic (exact) mass is 436 g/mol. The van der Waals surface area contributed by atoms with Gasteiger partial charge in [0.15, 0.2) is 0 Å². The number of likely N-dealkylation sites (N-methyl/N-ethyl adjacent to an activating group) is 1. The Kier molecular flexibility index (Phi) is 6.23. The fourth-order valence-electron chi connectivity index (χ4n) is 4.27. The molecule has 7 heteroatoms. The SMILES string of the molecule is Cc1nn(-c2ccccc2)c(C)c1CN(C)C(=O)C1CCCCN1C(=O)c1cccs1. The zero-order valence-electron chi connectivity index (χ0n) is 18.2. The van der Waals surface area contributed by atoms with Gasteiger partial charge in [-0.05, 0) is 56.7 Å². The molecular weight excluding hydrogens is 408 g/mol. The summed E-state index contributed by atoms with van der Waals surface area (Å²) in [6.07, 6.45) is 2.61. The lowest BCUT2D eigenvalue weighted by atomic mass is 10.00. The molecule has 3 heterocycles. The highest BCUT2D eigenvalue weighted by Crippen LogP contribution is 2.25. The number of hydrogen-bond donors (Lipinski definition) is 0. The van der Waals surface area contributed by atoms with Crippen molar-refractivity contribution in [3.05, 3.63) is 69.7 Å². The minimum absolute atomic E-state index is 0.00383. The van der Waals surface area contributed by atoms with E-state index in [0.717, 1.165) is 35.5 Å². The predicted octanol–water partition coefficient (Wildman–Crippen LogP) is 4.20. The second-order valence-electron chi connectivity index (χ2n) is 8.08. The lowest BCUT2D eigenvalue weighted by Gasteiger charge is -2.36. The van der Waals surface area contributed by atoms with E-state index in [4.69, 9.17) is 5.10 Å². The average molecular weight is 437 g/mol. The average Bonchev–Trinajstić information content (AvgIpc) is 3.43. The van der Waals surface area contributed by atoms with Crippen molar-refractivity contribution in [2.24, 2.45) is 0 Å². The number of carbonyl (C=O) groups excluding carboxylic acids is 2. The van der Waals surface area contributed by atoms with E-state index < -0.39 is 6.04 Å². The summed E-state index contributed by atoms with van der Waals surface area (Å²) in [7, 11) is 1.82. The number of benzene rings is 1. The van der Waals surface area contributed by atoms with Crippen LogP contribution in [0.3, 0.4) is 0 Å². The van der Waals surface area contributed by atoms with Crippen LogP contribution in [0.1, 0.15) is 45.9 Å². The van der Waals surface area contributed by atoms with Crippen LogP contribution < -0.4 is 0 Å². The first-order chi connectivity index (χ1) is 15.0. The van der Waals surface area contributed by atoms with E-state index in [1.54, 1.807) is 9.80 Å². The summed E-state index contributed by atoms with van der Waals surface area (Å²) in [4.78, 5) is 30.6. The number of carbonyl (C=O) groups is 2. The van der Waals surface area contributed by atoms with E-state index in [0.29, 0.717) is 24.4 Å². The third-order valence-electron chi connectivity index (χ3n) is 5.99. The Balaban J connectivity index is 1.53. The molecule has 0 radical (unpaired) electrons. The Hall–Kier alpha value is -2.93. The highest BCUT2D eigenvalue weighted by atomic mass is 32.1. The van der Waals surface area contributed by atoms with Gasteiger partial charge in [0.25, 0.3) is 5.91 Å². The quantitative estimate of drug-likeness (QED) is 0.602. The van der Waals surface area contributed by atoms with Gasteiger partial charge in [-0.1, -0.05) is 24.3 Å². The third kappa shape index (κ3) is 4.28. The minimum atomic E-state index is -0.405. The summed E-state index contributed by atoms with van der Waals surface area (Å²) in [5, 5.41) is 6.60. The smallest absolute Gasteiger partial charge is 0.264 e. The normalized spacial score (nSPS) is 16.4. The lowest BCUT2D eigenvalue weighted by Crippen LogP contribution is -2.52. The molecule has 4 rings (SSSR count). The van der Waals surface area contributed by atoms with Gasteiger partial charge in [-0.25, -0.2) is 4.68 Å². The molecule has 1 aliphatic heterocycles. The van der Waals surface area contributed by atoms with E-state index in [2.05, 4.69) is 0 Å². The summed E-state index contributed by atoms with van der Waals surface area (Å²) >= 11 is 1.43. The molecule has 0 spiro atoms. The minimum Gasteiger partial charge on any atom is -0.340 e. The van der Waals surface area contributed by atoms with Crippen molar-refractivity contribution in [3.63, 3.8) is 0 Å². The number of rotatable bonds is 5. The second-order valence-corrected chi connectivity index (χ2v) is 9.03. The maximum absolute atomic E-state index is 13.4. The first-order valence-electron chi connectivity index (χ1n) is 10.7. The number of likely N-dealkylation sites (tertiary alicyclic amines) is 1. The second kappa shape index (κ2) is 9.06. The van der Waals surface area contributed by atoms with Crippen molar-refractivity contribution >= 4 is 23.2 Å². The zero-order chi connectivity index (χ0) is 22.0. The first kappa shape index (κ1) is 21.3. The molecule has 1 unspecified atom stereocenters. The summed E-state index contributed by atoms with van der Waals surface area (Å²) < 4.78 is 1.93. The number of para-hydroxylation sites is 1. The van der Waals surface area contributed by atoms with Gasteiger partial charge in [-0.3, -0.25) is 9.59 Å². The van der Waals surface area contributed by atoms with E-state index >= 15 is 0 Å². The number of hydrogen-bond acceptors (Lipinski definition) is 4. The summed E-state index contributed by atoms with van der Waals surface area (Å²) in [5.74, 6) is -0.0402. The van der Waals surface area contributed by atoms with E-state index in [1.807, 2.05) is 73.4 Å². The Morgan fingerprint density at radius 3 is 2.61 bits per heavy atom. The van der Waals surface area contributed by atoms with Crippen molar-refractivity contribution in [2.75, 3.05) is 13.6 Å². The summed E-state index contributed by atoms with van der Waals surface area (Å²) in [6, 6.07) is 13.3. The van der Waals surface area contributed by atoms with Gasteiger partial charge in [0, 0.05) is 31.4 Å². The van der Waals surface area contributed by atoms with Crippen LogP contribution in [-0.4, -0.2) is 51.0 Å². The maximum Gasteiger partial charge on any atom is 0.264 e. The Labute approximate surface area is 187 Å². The fraction of sp³-hybridized carbons (Fsp3) is 0.375. The molecule has 1 aromatic carbocycles. The molecule has 2 aromatic heterocycles. The number of amides is 2. The molecule has 162 valence electrons. The molecular formula is C24H28N4O2S. The van der Waals surface area contributed by atoms with Crippen molar-refractivity contribution in [1.29, 1.82) is 0 Å². The number of nitrogens with zero attached hydrogens (tertiary/aromatic N) is 4. The lowest BCUT2D eigenvalue weighted by molar-refractivity contribution is -0.136. The highest BCUT2D eigenvalue weighted by Gasteiger charge is 2.35. The van der Waals surface area contributed by atoms with E-state index in [9.17, 15) is 9.59 Å². The maximum atomic E-state index is 13.4. The number of aryl methyl sites for hydroxylation is 1. The Morgan fingerprint density at radius 2 is 1.90 bits per heavy atom. The standard InChI is InChI=1S/C24H28N4O2S/c1-17-20(18(2)28(25-17)19-10-5-4-6-11-19)16-26(3)23(29)21-12-7-8-14-27(21)24(30)22-13-9-15-31-22/h4-6,9-11,13,15,21H,7-8,12,14,16H2,1-3H3. The van der Waals surface area contributed by atoms with Crippen LogP contribution in [0.2, 0.25) is 0 Å². The molecule has 0 bridgehead atoms. The number of aromatic nitrogens is 2. The molecule has 0 N–H and O–H groups in total. The predicted molar refractivity (Wildman–Crippen MR) is 123 cm³/mol. The van der Waals surface area contributed by atoms with E-state index in [-0.39, 0.29) is 11.8 Å². The molecule has 0 saturated carbocycles. The van der Waals surface area contributed by atoms with Crippen LogP contribution in [-0.2, 0) is 11.3 Å². The first-order valence-corrected chi connectivity index (χ1v) is 11.6. The molecule has 1 fully saturated rings. The van der Waals surface area contributed by atoms with Crippen LogP contribution in [0.15, 0.2) is 47.8 Å². The van der Waals surface area contributed by atoms with Gasteiger partial charge in [-0.15, -0.1) is 11.3 Å². The van der Waals surface area contributed by atoms with E-state index in [1.165, 1.54) is 11.3 Å². The molecule has 1 saturated heterocycles.